The smallest absolute Gasteiger partial charge is 0.305 e. The summed E-state index contributed by atoms with van der Waals surface area (Å²) >= 11 is 0. The molecule has 0 unspecified atom stereocenters. The summed E-state index contributed by atoms with van der Waals surface area (Å²) in [6, 6.07) is 12.6. The van der Waals surface area contributed by atoms with Crippen LogP contribution in [-0.2, 0) is 9.47 Å². The molecule has 0 saturated heterocycles. The van der Waals surface area contributed by atoms with E-state index in [0.717, 1.165) is 5.56 Å². The first-order valence-corrected chi connectivity index (χ1v) is 6.18. The van der Waals surface area contributed by atoms with Crippen molar-refractivity contribution >= 4 is 5.91 Å². The van der Waals surface area contributed by atoms with E-state index in [0.29, 0.717) is 5.56 Å². The van der Waals surface area contributed by atoms with Crippen LogP contribution >= 0.6 is 0 Å². The zero-order chi connectivity index (χ0) is 14.4. The molecule has 5 heteroatoms. The van der Waals surface area contributed by atoms with Gasteiger partial charge in [0.2, 0.25) is 0 Å². The van der Waals surface area contributed by atoms with Crippen molar-refractivity contribution in [1.82, 2.24) is 0 Å². The quantitative estimate of drug-likeness (QED) is 0.665. The normalized spacial score (nSPS) is 10.6. The lowest BCUT2D eigenvalue weighted by atomic mass is 10.1. The van der Waals surface area contributed by atoms with Crippen molar-refractivity contribution in [1.29, 1.82) is 0 Å². The minimum atomic E-state index is -0.421. The second-order valence-electron chi connectivity index (χ2n) is 4.15. The number of aromatic nitrogens is 1. The van der Waals surface area contributed by atoms with Crippen LogP contribution in [0.5, 0.6) is 0 Å². The molecule has 0 atom stereocenters. The third-order valence-corrected chi connectivity index (χ3v) is 2.82. The van der Waals surface area contributed by atoms with Crippen molar-refractivity contribution in [3.05, 3.63) is 66.0 Å². The number of carbonyl (C=O) groups excluding carboxylic acids is 1. The molecule has 1 heterocycles. The van der Waals surface area contributed by atoms with Gasteiger partial charge in [0.15, 0.2) is 18.7 Å². The van der Waals surface area contributed by atoms with Gasteiger partial charge >= 0.3 is 5.91 Å². The van der Waals surface area contributed by atoms with Gasteiger partial charge in [-0.15, -0.1) is 5.43 Å². The Morgan fingerprint density at radius 3 is 2.20 bits per heavy atom. The molecule has 0 aliphatic carbocycles. The number of hydrogen-bond donors (Lipinski definition) is 1. The number of benzene rings is 1. The van der Waals surface area contributed by atoms with E-state index in [1.54, 1.807) is 43.4 Å². The van der Waals surface area contributed by atoms with Crippen LogP contribution in [0.25, 0.3) is 0 Å². The third-order valence-electron chi connectivity index (χ3n) is 2.82. The van der Waals surface area contributed by atoms with E-state index in [1.807, 2.05) is 30.3 Å². The monoisotopic (exact) mass is 273 g/mol. The molecule has 20 heavy (non-hydrogen) atoms. The summed E-state index contributed by atoms with van der Waals surface area (Å²) in [6.45, 7) is 0. The maximum absolute atomic E-state index is 12.0. The van der Waals surface area contributed by atoms with Crippen molar-refractivity contribution < 1.29 is 18.9 Å². The van der Waals surface area contributed by atoms with Crippen molar-refractivity contribution in [2.75, 3.05) is 19.6 Å². The molecule has 0 aliphatic heterocycles. The fourth-order valence-electron chi connectivity index (χ4n) is 1.82. The van der Waals surface area contributed by atoms with Gasteiger partial charge < -0.3 is 9.47 Å². The lowest BCUT2D eigenvalue weighted by Crippen LogP contribution is -2.47. The molecule has 0 bridgehead atoms. The molecule has 1 aromatic heterocycles. The van der Waals surface area contributed by atoms with Crippen LogP contribution < -0.4 is 10.1 Å². The van der Waals surface area contributed by atoms with Crippen LogP contribution in [0.2, 0.25) is 0 Å². The van der Waals surface area contributed by atoms with Crippen molar-refractivity contribution in [3.63, 3.8) is 0 Å². The summed E-state index contributed by atoms with van der Waals surface area (Å²) in [4.78, 5) is 12.0. The first-order chi connectivity index (χ1) is 9.74. The van der Waals surface area contributed by atoms with Crippen LogP contribution in [0.4, 0.5) is 0 Å². The van der Waals surface area contributed by atoms with Gasteiger partial charge in [-0.1, -0.05) is 22.9 Å². The second kappa shape index (κ2) is 6.79. The third kappa shape index (κ3) is 3.40. The number of ether oxygens (including phenoxy) is 2. The Morgan fingerprint density at radius 2 is 1.65 bits per heavy atom. The Bertz CT molecular complexity index is 551. The summed E-state index contributed by atoms with van der Waals surface area (Å²) < 4.78 is 11.9. The van der Waals surface area contributed by atoms with Crippen LogP contribution in [0.1, 0.15) is 22.2 Å². The second-order valence-corrected chi connectivity index (χ2v) is 4.15. The molecule has 1 aromatic carbocycles. The van der Waals surface area contributed by atoms with E-state index < -0.39 is 6.29 Å². The molecular formula is C15H17N2O3+. The van der Waals surface area contributed by atoms with Crippen molar-refractivity contribution in [2.45, 2.75) is 6.29 Å². The summed E-state index contributed by atoms with van der Waals surface area (Å²) in [6.07, 6.45) is 3.10. The lowest BCUT2D eigenvalue weighted by molar-refractivity contribution is -0.641. The Hall–Kier alpha value is -2.24. The Balaban J connectivity index is 2.08. The molecule has 0 spiro atoms. The Morgan fingerprint density at radius 1 is 1.05 bits per heavy atom. The molecule has 0 fully saturated rings. The number of nitrogens with one attached hydrogen (secondary N) is 1. The summed E-state index contributed by atoms with van der Waals surface area (Å²) in [5.41, 5.74) is 4.18. The molecule has 0 radical (unpaired) electrons. The van der Waals surface area contributed by atoms with Crippen molar-refractivity contribution in [3.8, 4) is 0 Å². The first kappa shape index (κ1) is 14.2. The fraction of sp³-hybridized carbons (Fsp3) is 0.200. The average Bonchev–Trinajstić information content (AvgIpc) is 2.50. The minimum absolute atomic E-state index is 0.181. The van der Waals surface area contributed by atoms with Gasteiger partial charge in [0.25, 0.3) is 0 Å². The predicted octanol–water partition coefficient (Wildman–Crippen LogP) is 1.65. The summed E-state index contributed by atoms with van der Waals surface area (Å²) in [5.74, 6) is -0.181. The molecule has 2 rings (SSSR count). The fourth-order valence-corrected chi connectivity index (χ4v) is 1.82. The van der Waals surface area contributed by atoms with E-state index >= 15 is 0 Å². The molecule has 104 valence electrons. The summed E-state index contributed by atoms with van der Waals surface area (Å²) in [5, 5.41) is 0. The largest absolute Gasteiger partial charge is 0.352 e. The van der Waals surface area contributed by atoms with Crippen LogP contribution in [-0.4, -0.2) is 20.1 Å². The first-order valence-electron chi connectivity index (χ1n) is 6.18. The van der Waals surface area contributed by atoms with E-state index in [1.165, 1.54) is 0 Å². The van der Waals surface area contributed by atoms with Crippen LogP contribution in [0.3, 0.4) is 0 Å². The SMILES string of the molecule is COC(OC)c1ccc(C(=O)N[n+]2ccccc2)cc1. The Kier molecular flexibility index (Phi) is 4.81. The van der Waals surface area contributed by atoms with Crippen LogP contribution in [0, 0.1) is 0 Å². The van der Waals surface area contributed by atoms with Gasteiger partial charge in [0.05, 0.1) is 0 Å². The van der Waals surface area contributed by atoms with E-state index in [9.17, 15) is 4.79 Å². The highest BCUT2D eigenvalue weighted by Gasteiger charge is 2.12. The highest BCUT2D eigenvalue weighted by molar-refractivity contribution is 5.98. The maximum Gasteiger partial charge on any atom is 0.305 e. The number of hydrogen-bond acceptors (Lipinski definition) is 3. The number of nitrogens with zero attached hydrogens (tertiary/aromatic N) is 1. The van der Waals surface area contributed by atoms with Crippen molar-refractivity contribution in [2.24, 2.45) is 0 Å². The topological polar surface area (TPSA) is 51.4 Å². The maximum atomic E-state index is 12.0. The lowest BCUT2D eigenvalue weighted by Gasteiger charge is -2.13. The zero-order valence-electron chi connectivity index (χ0n) is 11.4. The van der Waals surface area contributed by atoms with Gasteiger partial charge in [0.1, 0.15) is 0 Å². The van der Waals surface area contributed by atoms with Gasteiger partial charge in [-0.25, -0.2) is 0 Å². The predicted molar refractivity (Wildman–Crippen MR) is 73.5 cm³/mol. The zero-order valence-corrected chi connectivity index (χ0v) is 11.4. The molecule has 0 aliphatic rings. The van der Waals surface area contributed by atoms with Gasteiger partial charge in [-0.3, -0.25) is 4.79 Å². The van der Waals surface area contributed by atoms with Gasteiger partial charge in [0, 0.05) is 37.5 Å². The number of carbonyl (C=O) groups is 1. The molecule has 2 aromatic rings. The average molecular weight is 273 g/mol. The van der Waals surface area contributed by atoms with E-state index in [4.69, 9.17) is 9.47 Å². The molecule has 0 saturated carbocycles. The standard InChI is InChI=1S/C15H16N2O3/c1-19-15(20-2)13-8-6-12(7-9-13)14(18)16-17-10-4-3-5-11-17/h3-11,15H,1-2H3/p+1. The molecule has 1 N–H and O–H groups in total. The number of methoxy groups -OCH3 is 2. The molecule has 1 amide bonds. The van der Waals surface area contributed by atoms with Gasteiger partial charge in [-0.05, 0) is 12.1 Å². The number of rotatable bonds is 5. The summed E-state index contributed by atoms with van der Waals surface area (Å²) in [7, 11) is 3.14. The molecular weight excluding hydrogens is 256 g/mol. The van der Waals surface area contributed by atoms with E-state index in [2.05, 4.69) is 5.43 Å². The number of amides is 1. The minimum Gasteiger partial charge on any atom is -0.352 e. The van der Waals surface area contributed by atoms with Crippen LogP contribution in [0.15, 0.2) is 54.9 Å². The molecule has 5 nitrogen and oxygen atoms in total. The Labute approximate surface area is 117 Å². The van der Waals surface area contributed by atoms with E-state index in [-0.39, 0.29) is 5.91 Å². The van der Waals surface area contributed by atoms with Gasteiger partial charge in [-0.2, -0.15) is 0 Å². The number of pyridine rings is 1. The highest BCUT2D eigenvalue weighted by atomic mass is 16.7. The highest BCUT2D eigenvalue weighted by Crippen LogP contribution is 2.17.